The van der Waals surface area contributed by atoms with Crippen molar-refractivity contribution in [1.29, 1.82) is 0 Å². The summed E-state index contributed by atoms with van der Waals surface area (Å²) >= 11 is 0. The molecule has 2 heterocycles. The van der Waals surface area contributed by atoms with Gasteiger partial charge in [-0.15, -0.1) is 0 Å². The number of hydrogen-bond acceptors (Lipinski definition) is 12. The van der Waals surface area contributed by atoms with Crippen LogP contribution in [0.3, 0.4) is 0 Å². The molecule has 51 heavy (non-hydrogen) atoms. The maximum Gasteiger partial charge on any atom is 0.186 e. The average molecular weight is 725 g/mol. The summed E-state index contributed by atoms with van der Waals surface area (Å²) in [6.07, 6.45) is 3.82. The maximum absolute atomic E-state index is 9.94. The fourth-order valence-corrected chi connectivity index (χ4v) is 6.96. The standard InChI is InChI=1S/C39H64O12/c1-6-7-8-9-29-25-30(26-32-31-24-27(2)10-11-33(31)39(4,5)51-37(29)32)48-22-20-46-18-16-44-14-12-43-13-15-45-17-19-47-21-23-49-38-36(42)35(41)34(40)28(3)50-38/h24-26,28,31,33-36,38,40-42H,6-23H2,1-5H3/t28-,31?,33?,34-,35+,36+,38+/m0/s1. The Balaban J connectivity index is 1.00. The highest BCUT2D eigenvalue weighted by Crippen LogP contribution is 2.52. The normalized spacial score (nSPS) is 27.0. The Labute approximate surface area is 304 Å². The molecule has 1 aliphatic carbocycles. The van der Waals surface area contributed by atoms with E-state index in [-0.39, 0.29) is 18.8 Å². The molecule has 12 nitrogen and oxygen atoms in total. The molecule has 1 aromatic carbocycles. The fraction of sp³-hybridized carbons (Fsp3) is 0.795. The van der Waals surface area contributed by atoms with E-state index < -0.39 is 30.7 Å². The monoisotopic (exact) mass is 724 g/mol. The van der Waals surface area contributed by atoms with Gasteiger partial charge in [-0.25, -0.2) is 0 Å². The molecule has 0 amide bonds. The number of unbranched alkanes of at least 4 members (excludes halogenated alkanes) is 2. The second-order valence-electron chi connectivity index (χ2n) is 14.3. The van der Waals surface area contributed by atoms with E-state index in [1.807, 2.05) is 0 Å². The van der Waals surface area contributed by atoms with Gasteiger partial charge in [-0.3, -0.25) is 0 Å². The molecule has 1 aromatic rings. The van der Waals surface area contributed by atoms with Crippen molar-refractivity contribution in [3.8, 4) is 11.5 Å². The van der Waals surface area contributed by atoms with Crippen molar-refractivity contribution in [1.82, 2.24) is 0 Å². The Hall–Kier alpha value is -1.84. The Morgan fingerprint density at radius 2 is 1.35 bits per heavy atom. The van der Waals surface area contributed by atoms with Crippen molar-refractivity contribution >= 4 is 0 Å². The third kappa shape index (κ3) is 12.9. The molecule has 2 aliphatic heterocycles. The van der Waals surface area contributed by atoms with E-state index in [0.29, 0.717) is 77.9 Å². The first-order valence-corrected chi connectivity index (χ1v) is 19.0. The molecule has 4 rings (SSSR count). The van der Waals surface area contributed by atoms with Crippen molar-refractivity contribution in [2.75, 3.05) is 79.3 Å². The Morgan fingerprint density at radius 1 is 0.765 bits per heavy atom. The molecule has 3 N–H and O–H groups in total. The van der Waals surface area contributed by atoms with Gasteiger partial charge in [0, 0.05) is 17.4 Å². The zero-order chi connectivity index (χ0) is 36.6. The van der Waals surface area contributed by atoms with Crippen molar-refractivity contribution in [2.24, 2.45) is 5.92 Å². The van der Waals surface area contributed by atoms with Crippen LogP contribution in [0.1, 0.15) is 83.8 Å². The van der Waals surface area contributed by atoms with E-state index >= 15 is 0 Å². The summed E-state index contributed by atoms with van der Waals surface area (Å²) < 4.78 is 51.6. The topological polar surface area (TPSA) is 144 Å². The van der Waals surface area contributed by atoms with Crippen LogP contribution < -0.4 is 9.47 Å². The van der Waals surface area contributed by atoms with Crippen LogP contribution in [-0.4, -0.2) is 131 Å². The van der Waals surface area contributed by atoms with Crippen LogP contribution in [-0.2, 0) is 39.6 Å². The van der Waals surface area contributed by atoms with Crippen LogP contribution in [0.4, 0.5) is 0 Å². The molecule has 1 saturated heterocycles. The summed E-state index contributed by atoms with van der Waals surface area (Å²) in [5, 5.41) is 29.5. The van der Waals surface area contributed by atoms with Gasteiger partial charge < -0.3 is 58.0 Å². The largest absolute Gasteiger partial charge is 0.491 e. The van der Waals surface area contributed by atoms with Crippen molar-refractivity contribution in [2.45, 2.75) is 115 Å². The maximum atomic E-state index is 9.94. The van der Waals surface area contributed by atoms with Gasteiger partial charge in [-0.1, -0.05) is 31.4 Å². The van der Waals surface area contributed by atoms with Crippen molar-refractivity contribution < 1.29 is 58.0 Å². The quantitative estimate of drug-likeness (QED) is 0.103. The third-order valence-corrected chi connectivity index (χ3v) is 9.88. The van der Waals surface area contributed by atoms with Gasteiger partial charge in [0.25, 0.3) is 0 Å². The zero-order valence-electron chi connectivity index (χ0n) is 31.5. The highest BCUT2D eigenvalue weighted by atomic mass is 16.7. The second-order valence-corrected chi connectivity index (χ2v) is 14.3. The number of allylic oxidation sites excluding steroid dienone is 2. The second kappa shape index (κ2) is 21.8. The lowest BCUT2D eigenvalue weighted by Gasteiger charge is -2.47. The number of benzene rings is 1. The number of aliphatic hydroxyl groups excluding tert-OH is 3. The Kier molecular flexibility index (Phi) is 17.9. The molecule has 0 aromatic heterocycles. The van der Waals surface area contributed by atoms with E-state index in [9.17, 15) is 15.3 Å². The average Bonchev–Trinajstić information content (AvgIpc) is 3.10. The first-order chi connectivity index (χ1) is 24.6. The number of aryl methyl sites for hydroxylation is 1. The van der Waals surface area contributed by atoms with Gasteiger partial charge >= 0.3 is 0 Å². The first kappa shape index (κ1) is 41.9. The van der Waals surface area contributed by atoms with E-state index in [0.717, 1.165) is 37.2 Å². The smallest absolute Gasteiger partial charge is 0.186 e. The number of rotatable bonds is 24. The molecule has 3 aliphatic rings. The fourth-order valence-electron chi connectivity index (χ4n) is 6.96. The molecule has 2 unspecified atom stereocenters. The van der Waals surface area contributed by atoms with Crippen LogP contribution in [0.5, 0.6) is 11.5 Å². The molecule has 0 spiro atoms. The van der Waals surface area contributed by atoms with Crippen molar-refractivity contribution in [3.63, 3.8) is 0 Å². The predicted octanol–water partition coefficient (Wildman–Crippen LogP) is 4.34. The summed E-state index contributed by atoms with van der Waals surface area (Å²) in [5.74, 6) is 2.77. The zero-order valence-corrected chi connectivity index (χ0v) is 31.5. The van der Waals surface area contributed by atoms with Gasteiger partial charge in [0.2, 0.25) is 0 Å². The van der Waals surface area contributed by atoms with Gasteiger partial charge in [0.1, 0.15) is 42.0 Å². The van der Waals surface area contributed by atoms with E-state index in [2.05, 4.69) is 45.9 Å². The van der Waals surface area contributed by atoms with Gasteiger partial charge in [-0.2, -0.15) is 0 Å². The lowest BCUT2D eigenvalue weighted by molar-refractivity contribution is -0.294. The number of fused-ring (bicyclic) bond motifs is 3. The van der Waals surface area contributed by atoms with Crippen LogP contribution >= 0.6 is 0 Å². The Bertz CT molecular complexity index is 1180. The summed E-state index contributed by atoms with van der Waals surface area (Å²) in [5.41, 5.74) is 3.79. The van der Waals surface area contributed by atoms with Crippen LogP contribution in [0.2, 0.25) is 0 Å². The van der Waals surface area contributed by atoms with Crippen LogP contribution in [0.15, 0.2) is 23.8 Å². The molecular weight excluding hydrogens is 660 g/mol. The molecule has 292 valence electrons. The summed E-state index contributed by atoms with van der Waals surface area (Å²) in [6.45, 7) is 15.6. The van der Waals surface area contributed by atoms with Crippen molar-refractivity contribution in [3.05, 3.63) is 34.9 Å². The molecule has 1 fully saturated rings. The molecule has 0 radical (unpaired) electrons. The molecule has 7 atom stereocenters. The SMILES string of the molecule is CCCCCc1cc(OCCOCCOCCOCCOCCOCCO[C@@H]2O[C@@H](C)[C@H](O)[C@@H](O)[C@H]2O)cc2c1OC(C)(C)C1CCC(C)=CC21. The minimum atomic E-state index is -1.32. The number of ether oxygens (including phenoxy) is 9. The Morgan fingerprint density at radius 3 is 1.96 bits per heavy atom. The summed E-state index contributed by atoms with van der Waals surface area (Å²) in [7, 11) is 0. The lowest BCUT2D eigenvalue weighted by Crippen LogP contribution is -2.57. The van der Waals surface area contributed by atoms with Gasteiger partial charge in [0.05, 0.1) is 78.8 Å². The minimum Gasteiger partial charge on any atom is -0.491 e. The van der Waals surface area contributed by atoms with E-state index in [1.54, 1.807) is 6.92 Å². The predicted molar refractivity (Wildman–Crippen MR) is 191 cm³/mol. The lowest BCUT2D eigenvalue weighted by atomic mass is 9.68. The van der Waals surface area contributed by atoms with Crippen LogP contribution in [0.25, 0.3) is 0 Å². The highest BCUT2D eigenvalue weighted by molar-refractivity contribution is 5.53. The minimum absolute atomic E-state index is 0.169. The molecular formula is C39H64O12. The van der Waals surface area contributed by atoms with Crippen LogP contribution in [0, 0.1) is 5.92 Å². The van der Waals surface area contributed by atoms with Gasteiger partial charge in [0.15, 0.2) is 6.29 Å². The molecule has 12 heteroatoms. The third-order valence-electron chi connectivity index (χ3n) is 9.88. The molecule has 0 saturated carbocycles. The van der Waals surface area contributed by atoms with E-state index in [1.165, 1.54) is 29.5 Å². The van der Waals surface area contributed by atoms with Gasteiger partial charge in [-0.05, 0) is 71.1 Å². The molecule has 0 bridgehead atoms. The van der Waals surface area contributed by atoms with E-state index in [4.69, 9.17) is 42.6 Å². The highest BCUT2D eigenvalue weighted by Gasteiger charge is 2.45. The number of aliphatic hydroxyl groups is 3. The number of hydrogen-bond donors (Lipinski definition) is 3. The summed E-state index contributed by atoms with van der Waals surface area (Å²) in [6, 6.07) is 4.37. The summed E-state index contributed by atoms with van der Waals surface area (Å²) in [4.78, 5) is 0. The first-order valence-electron chi connectivity index (χ1n) is 19.0.